The lowest BCUT2D eigenvalue weighted by molar-refractivity contribution is 0.380. The van der Waals surface area contributed by atoms with Crippen LogP contribution in [-0.2, 0) is 0 Å². The van der Waals surface area contributed by atoms with Gasteiger partial charge >= 0.3 is 0 Å². The summed E-state index contributed by atoms with van der Waals surface area (Å²) in [6.07, 6.45) is 0. The first-order chi connectivity index (χ1) is 13.3. The van der Waals surface area contributed by atoms with Gasteiger partial charge in [0, 0.05) is 12.7 Å². The third-order valence-corrected chi connectivity index (χ3v) is 4.08. The van der Waals surface area contributed by atoms with E-state index in [2.05, 4.69) is 10.2 Å². The Morgan fingerprint density at radius 3 is 1.89 bits per heavy atom. The van der Waals surface area contributed by atoms with E-state index in [9.17, 15) is 22.0 Å². The Hall–Kier alpha value is -3.29. The highest BCUT2D eigenvalue weighted by Gasteiger charge is 2.26. The van der Waals surface area contributed by atoms with Crippen molar-refractivity contribution < 1.29 is 22.0 Å². The highest BCUT2D eigenvalue weighted by Crippen LogP contribution is 2.36. The van der Waals surface area contributed by atoms with Crippen LogP contribution in [0.3, 0.4) is 0 Å². The van der Waals surface area contributed by atoms with Gasteiger partial charge in [0.25, 0.3) is 0 Å². The summed E-state index contributed by atoms with van der Waals surface area (Å²) in [6.45, 7) is 1.77. The van der Waals surface area contributed by atoms with E-state index < -0.39 is 34.8 Å². The largest absolute Gasteiger partial charge is 0.343 e. The van der Waals surface area contributed by atoms with Crippen molar-refractivity contribution in [3.05, 3.63) is 83.2 Å². The zero-order chi connectivity index (χ0) is 20.4. The van der Waals surface area contributed by atoms with Crippen LogP contribution in [0.4, 0.5) is 44.7 Å². The van der Waals surface area contributed by atoms with Gasteiger partial charge in [-0.3, -0.25) is 0 Å². The van der Waals surface area contributed by atoms with Crippen LogP contribution in [0.5, 0.6) is 0 Å². The summed E-state index contributed by atoms with van der Waals surface area (Å²) in [4.78, 5) is 1.76. The number of rotatable bonds is 4. The van der Waals surface area contributed by atoms with Crippen LogP contribution in [-0.4, -0.2) is 7.05 Å². The van der Waals surface area contributed by atoms with Gasteiger partial charge < -0.3 is 4.90 Å². The lowest BCUT2D eigenvalue weighted by Gasteiger charge is -2.21. The molecule has 0 saturated carbocycles. The predicted molar refractivity (Wildman–Crippen MR) is 96.1 cm³/mol. The zero-order valence-corrected chi connectivity index (χ0v) is 14.9. The molecule has 0 aromatic heterocycles. The van der Waals surface area contributed by atoms with Crippen molar-refractivity contribution in [2.75, 3.05) is 11.9 Å². The summed E-state index contributed by atoms with van der Waals surface area (Å²) >= 11 is 0. The van der Waals surface area contributed by atoms with Gasteiger partial charge in [0.05, 0.1) is 5.69 Å². The number of benzene rings is 3. The Morgan fingerprint density at radius 2 is 1.29 bits per heavy atom. The molecule has 0 saturated heterocycles. The van der Waals surface area contributed by atoms with E-state index in [1.54, 1.807) is 37.1 Å². The smallest absolute Gasteiger partial charge is 0.200 e. The molecule has 144 valence electrons. The molecule has 0 unspecified atom stereocenters. The third kappa shape index (κ3) is 3.58. The Labute approximate surface area is 157 Å². The first kappa shape index (κ1) is 19.5. The molecule has 0 N–H and O–H groups in total. The minimum atomic E-state index is -2.24. The summed E-state index contributed by atoms with van der Waals surface area (Å²) < 4.78 is 67.5. The normalized spacial score (nSPS) is 11.2. The van der Waals surface area contributed by atoms with Crippen LogP contribution >= 0.6 is 0 Å². The van der Waals surface area contributed by atoms with Crippen LogP contribution < -0.4 is 4.90 Å². The molecule has 0 aliphatic carbocycles. The summed E-state index contributed by atoms with van der Waals surface area (Å²) in [7, 11) is 1.75. The summed E-state index contributed by atoms with van der Waals surface area (Å²) in [5, 5.41) is 7.08. The Balaban J connectivity index is 2.08. The molecule has 0 radical (unpaired) electrons. The SMILES string of the molecule is Cc1ccc(N(C)c2ccccc2)c(N=Nc2c(F)c(F)c(F)c(F)c2F)c1. The molecule has 0 fully saturated rings. The Kier molecular flexibility index (Phi) is 5.39. The Bertz CT molecular complexity index is 1020. The molecule has 3 nitrogen and oxygen atoms in total. The second kappa shape index (κ2) is 7.75. The maximum atomic E-state index is 13.8. The lowest BCUT2D eigenvalue weighted by Crippen LogP contribution is -2.09. The van der Waals surface area contributed by atoms with Crippen LogP contribution in [0.25, 0.3) is 0 Å². The summed E-state index contributed by atoms with van der Waals surface area (Å²) in [5.74, 6) is -10.5. The van der Waals surface area contributed by atoms with Gasteiger partial charge in [0.1, 0.15) is 5.69 Å². The average Bonchev–Trinajstić information content (AvgIpc) is 2.71. The lowest BCUT2D eigenvalue weighted by atomic mass is 10.1. The van der Waals surface area contributed by atoms with Crippen LogP contribution in [0.2, 0.25) is 0 Å². The van der Waals surface area contributed by atoms with E-state index in [0.29, 0.717) is 5.69 Å². The summed E-state index contributed by atoms with van der Waals surface area (Å²) in [5.41, 5.74) is 0.974. The van der Waals surface area contributed by atoms with Crippen molar-refractivity contribution in [3.8, 4) is 0 Å². The molecular formula is C20H14F5N3. The minimum Gasteiger partial charge on any atom is -0.343 e. The molecule has 0 amide bonds. The van der Waals surface area contributed by atoms with Crippen molar-refractivity contribution in [2.45, 2.75) is 6.92 Å². The molecule has 0 atom stereocenters. The van der Waals surface area contributed by atoms with Crippen molar-refractivity contribution in [3.63, 3.8) is 0 Å². The van der Waals surface area contributed by atoms with Gasteiger partial charge in [-0.15, -0.1) is 10.2 Å². The van der Waals surface area contributed by atoms with Gasteiger partial charge in [-0.05, 0) is 36.8 Å². The Morgan fingerprint density at radius 1 is 0.714 bits per heavy atom. The highest BCUT2D eigenvalue weighted by molar-refractivity contribution is 5.74. The molecule has 3 aromatic carbocycles. The van der Waals surface area contributed by atoms with Gasteiger partial charge in [-0.2, -0.15) is 0 Å². The topological polar surface area (TPSA) is 28.0 Å². The number of nitrogens with zero attached hydrogens (tertiary/aromatic N) is 3. The number of aryl methyl sites for hydroxylation is 1. The average molecular weight is 391 g/mol. The molecule has 0 heterocycles. The first-order valence-electron chi connectivity index (χ1n) is 8.14. The molecule has 3 rings (SSSR count). The predicted octanol–water partition coefficient (Wildman–Crippen LogP) is 6.87. The molecule has 0 aliphatic heterocycles. The maximum absolute atomic E-state index is 13.8. The standard InChI is InChI=1S/C20H14F5N3/c1-11-8-9-14(28(2)12-6-4-3-5-7-12)13(10-11)26-27-20-18(24)16(22)15(21)17(23)19(20)25/h3-10H,1-2H3. The molecule has 8 heteroatoms. The number of azo groups is 1. The monoisotopic (exact) mass is 391 g/mol. The molecular weight excluding hydrogens is 377 g/mol. The van der Waals surface area contributed by atoms with Gasteiger partial charge in [-0.1, -0.05) is 24.3 Å². The molecule has 0 aliphatic rings. The molecule has 3 aromatic rings. The van der Waals surface area contributed by atoms with Crippen LogP contribution in [0.15, 0.2) is 58.8 Å². The fraction of sp³-hybridized carbons (Fsp3) is 0.100. The number of halogens is 5. The van der Waals surface area contributed by atoms with E-state index in [1.165, 1.54) is 0 Å². The van der Waals surface area contributed by atoms with Crippen molar-refractivity contribution in [2.24, 2.45) is 10.2 Å². The van der Waals surface area contributed by atoms with E-state index in [0.717, 1.165) is 11.3 Å². The van der Waals surface area contributed by atoms with Crippen molar-refractivity contribution >= 4 is 22.7 Å². The fourth-order valence-corrected chi connectivity index (χ4v) is 2.57. The van der Waals surface area contributed by atoms with E-state index in [1.807, 2.05) is 30.3 Å². The van der Waals surface area contributed by atoms with Gasteiger partial charge in [-0.25, -0.2) is 22.0 Å². The van der Waals surface area contributed by atoms with Crippen LogP contribution in [0.1, 0.15) is 5.56 Å². The van der Waals surface area contributed by atoms with Crippen LogP contribution in [0, 0.1) is 36.0 Å². The first-order valence-corrected chi connectivity index (χ1v) is 8.14. The van der Waals surface area contributed by atoms with Crippen molar-refractivity contribution in [1.29, 1.82) is 0 Å². The van der Waals surface area contributed by atoms with E-state index >= 15 is 0 Å². The second-order valence-electron chi connectivity index (χ2n) is 6.01. The van der Waals surface area contributed by atoms with Crippen molar-refractivity contribution in [1.82, 2.24) is 0 Å². The fourth-order valence-electron chi connectivity index (χ4n) is 2.57. The zero-order valence-electron chi connectivity index (χ0n) is 14.9. The molecule has 0 bridgehead atoms. The van der Waals surface area contributed by atoms with E-state index in [4.69, 9.17) is 0 Å². The number of hydrogen-bond acceptors (Lipinski definition) is 3. The quantitative estimate of drug-likeness (QED) is 0.206. The highest BCUT2D eigenvalue weighted by atomic mass is 19.2. The van der Waals surface area contributed by atoms with Gasteiger partial charge in [0.2, 0.25) is 5.82 Å². The minimum absolute atomic E-state index is 0.204. The van der Waals surface area contributed by atoms with E-state index in [-0.39, 0.29) is 5.69 Å². The number of para-hydroxylation sites is 1. The number of hydrogen-bond donors (Lipinski definition) is 0. The third-order valence-electron chi connectivity index (χ3n) is 4.08. The maximum Gasteiger partial charge on any atom is 0.200 e. The molecule has 0 spiro atoms. The summed E-state index contributed by atoms with van der Waals surface area (Å²) in [6, 6.07) is 14.3. The molecule has 28 heavy (non-hydrogen) atoms. The second-order valence-corrected chi connectivity index (χ2v) is 6.01. The number of anilines is 2. The van der Waals surface area contributed by atoms with Gasteiger partial charge in [0.15, 0.2) is 29.0 Å².